The zero-order chi connectivity index (χ0) is 12.3. The van der Waals surface area contributed by atoms with Gasteiger partial charge in [-0.3, -0.25) is 14.9 Å². The maximum atomic E-state index is 11.7. The average molecular weight is 239 g/mol. The zero-order valence-electron chi connectivity index (χ0n) is 10.4. The molecular formula is C12H21N3O2. The molecule has 0 aromatic heterocycles. The molecule has 1 saturated carbocycles. The summed E-state index contributed by atoms with van der Waals surface area (Å²) in [5.74, 6) is 0.200. The number of hydrogen-bond donors (Lipinski definition) is 1. The van der Waals surface area contributed by atoms with Gasteiger partial charge in [0.05, 0.1) is 13.1 Å². The van der Waals surface area contributed by atoms with Crippen molar-refractivity contribution in [2.24, 2.45) is 0 Å². The van der Waals surface area contributed by atoms with Gasteiger partial charge in [0.15, 0.2) is 0 Å². The molecule has 17 heavy (non-hydrogen) atoms. The lowest BCUT2D eigenvalue weighted by molar-refractivity contribution is -0.130. The number of nitrogens with one attached hydrogen (secondary N) is 1. The second-order valence-corrected chi connectivity index (χ2v) is 4.93. The van der Waals surface area contributed by atoms with Gasteiger partial charge in [0.2, 0.25) is 11.8 Å². The second-order valence-electron chi connectivity index (χ2n) is 4.93. The van der Waals surface area contributed by atoms with E-state index in [1.807, 2.05) is 11.9 Å². The second kappa shape index (κ2) is 5.49. The molecule has 2 fully saturated rings. The van der Waals surface area contributed by atoms with E-state index in [0.717, 1.165) is 38.8 Å². The van der Waals surface area contributed by atoms with E-state index in [1.54, 1.807) is 4.90 Å². The highest BCUT2D eigenvalue weighted by Crippen LogP contribution is 2.24. The molecule has 1 aliphatic heterocycles. The van der Waals surface area contributed by atoms with E-state index in [9.17, 15) is 9.59 Å². The fourth-order valence-corrected chi connectivity index (χ4v) is 2.14. The van der Waals surface area contributed by atoms with Crippen LogP contribution in [0.4, 0.5) is 0 Å². The van der Waals surface area contributed by atoms with Gasteiger partial charge in [0.25, 0.3) is 0 Å². The molecule has 1 heterocycles. The van der Waals surface area contributed by atoms with Gasteiger partial charge >= 0.3 is 0 Å². The van der Waals surface area contributed by atoms with Crippen LogP contribution in [0.15, 0.2) is 0 Å². The molecule has 2 rings (SSSR count). The Morgan fingerprint density at radius 1 is 1.24 bits per heavy atom. The van der Waals surface area contributed by atoms with Crippen LogP contribution in [0.3, 0.4) is 0 Å². The molecule has 0 radical (unpaired) electrons. The van der Waals surface area contributed by atoms with Crippen LogP contribution in [-0.2, 0) is 9.59 Å². The summed E-state index contributed by atoms with van der Waals surface area (Å²) in [6.07, 6.45) is 4.45. The zero-order valence-corrected chi connectivity index (χ0v) is 10.4. The summed E-state index contributed by atoms with van der Waals surface area (Å²) in [4.78, 5) is 27.0. The summed E-state index contributed by atoms with van der Waals surface area (Å²) in [5.41, 5.74) is 0. The number of hydrogen-bond acceptors (Lipinski definition) is 3. The summed E-state index contributed by atoms with van der Waals surface area (Å²) in [5, 5.41) is 2.94. The van der Waals surface area contributed by atoms with Crippen molar-refractivity contribution in [3.63, 3.8) is 0 Å². The van der Waals surface area contributed by atoms with E-state index in [1.165, 1.54) is 0 Å². The minimum atomic E-state index is 0.0849. The largest absolute Gasteiger partial charge is 0.342 e. The average Bonchev–Trinajstić information content (AvgIpc) is 3.02. The minimum absolute atomic E-state index is 0.0849. The lowest BCUT2D eigenvalue weighted by Crippen LogP contribution is -2.41. The highest BCUT2D eigenvalue weighted by molar-refractivity contribution is 5.81. The Kier molecular flexibility index (Phi) is 3.99. The van der Waals surface area contributed by atoms with Crippen LogP contribution in [0.5, 0.6) is 0 Å². The monoisotopic (exact) mass is 239 g/mol. The van der Waals surface area contributed by atoms with Gasteiger partial charge < -0.3 is 9.80 Å². The quantitative estimate of drug-likeness (QED) is 0.724. The Morgan fingerprint density at radius 3 is 2.47 bits per heavy atom. The fraction of sp³-hybridized carbons (Fsp3) is 0.833. The lowest BCUT2D eigenvalue weighted by Gasteiger charge is -2.18. The molecule has 0 atom stereocenters. The number of nitrogens with zero attached hydrogens (tertiary/aromatic N) is 2. The smallest absolute Gasteiger partial charge is 0.236 e. The normalized spacial score (nSPS) is 19.5. The van der Waals surface area contributed by atoms with Crippen molar-refractivity contribution < 1.29 is 9.59 Å². The molecule has 96 valence electrons. The van der Waals surface area contributed by atoms with Crippen LogP contribution >= 0.6 is 0 Å². The SMILES string of the molecule is CN(C(=O)CNCC(=O)N1CCCC1)C1CC1. The Labute approximate surface area is 102 Å². The first kappa shape index (κ1) is 12.4. The molecular weight excluding hydrogens is 218 g/mol. The van der Waals surface area contributed by atoms with E-state index in [4.69, 9.17) is 0 Å². The van der Waals surface area contributed by atoms with Gasteiger partial charge in [-0.1, -0.05) is 0 Å². The fourth-order valence-electron chi connectivity index (χ4n) is 2.14. The summed E-state index contributed by atoms with van der Waals surface area (Å²) in [7, 11) is 1.84. The Morgan fingerprint density at radius 2 is 1.88 bits per heavy atom. The van der Waals surface area contributed by atoms with Crippen molar-refractivity contribution in [3.05, 3.63) is 0 Å². The van der Waals surface area contributed by atoms with Crippen LogP contribution < -0.4 is 5.32 Å². The summed E-state index contributed by atoms with van der Waals surface area (Å²) in [6, 6.07) is 0.443. The van der Waals surface area contributed by atoms with Crippen molar-refractivity contribution >= 4 is 11.8 Å². The Bertz CT molecular complexity index is 282. The van der Waals surface area contributed by atoms with Gasteiger partial charge in [-0.05, 0) is 25.7 Å². The van der Waals surface area contributed by atoms with Crippen molar-refractivity contribution in [2.75, 3.05) is 33.2 Å². The summed E-state index contributed by atoms with van der Waals surface area (Å²) in [6.45, 7) is 2.30. The van der Waals surface area contributed by atoms with E-state index in [-0.39, 0.29) is 24.9 Å². The van der Waals surface area contributed by atoms with E-state index >= 15 is 0 Å². The Hall–Kier alpha value is -1.10. The first-order chi connectivity index (χ1) is 8.18. The topological polar surface area (TPSA) is 52.7 Å². The predicted molar refractivity (Wildman–Crippen MR) is 64.5 cm³/mol. The molecule has 2 aliphatic rings. The maximum Gasteiger partial charge on any atom is 0.236 e. The van der Waals surface area contributed by atoms with Gasteiger partial charge in [0, 0.05) is 26.2 Å². The number of likely N-dealkylation sites (N-methyl/N-ethyl adjacent to an activating group) is 1. The lowest BCUT2D eigenvalue weighted by atomic mass is 10.4. The number of carbonyl (C=O) groups is 2. The molecule has 2 amide bonds. The van der Waals surface area contributed by atoms with Crippen LogP contribution in [-0.4, -0.2) is 60.9 Å². The predicted octanol–water partition coefficient (Wildman–Crippen LogP) is -0.181. The molecule has 0 aromatic carbocycles. The standard InChI is InChI=1S/C12H21N3O2/c1-14(10-4-5-10)11(16)8-13-9-12(17)15-6-2-3-7-15/h10,13H,2-9H2,1H3. The molecule has 0 bridgehead atoms. The van der Waals surface area contributed by atoms with Crippen LogP contribution in [0.1, 0.15) is 25.7 Å². The summed E-state index contributed by atoms with van der Waals surface area (Å²) < 4.78 is 0. The molecule has 1 saturated heterocycles. The maximum absolute atomic E-state index is 11.7. The van der Waals surface area contributed by atoms with Crippen molar-refractivity contribution in [1.29, 1.82) is 0 Å². The van der Waals surface area contributed by atoms with Crippen molar-refractivity contribution in [1.82, 2.24) is 15.1 Å². The minimum Gasteiger partial charge on any atom is -0.342 e. The van der Waals surface area contributed by atoms with Crippen molar-refractivity contribution in [2.45, 2.75) is 31.7 Å². The number of rotatable bonds is 5. The number of amides is 2. The molecule has 5 nitrogen and oxygen atoms in total. The van der Waals surface area contributed by atoms with Gasteiger partial charge in [-0.2, -0.15) is 0 Å². The first-order valence-corrected chi connectivity index (χ1v) is 6.42. The highest BCUT2D eigenvalue weighted by Gasteiger charge is 2.29. The van der Waals surface area contributed by atoms with Gasteiger partial charge in [0.1, 0.15) is 0 Å². The van der Waals surface area contributed by atoms with Crippen molar-refractivity contribution in [3.8, 4) is 0 Å². The third-order valence-electron chi connectivity index (χ3n) is 3.50. The van der Waals surface area contributed by atoms with Crippen LogP contribution in [0.25, 0.3) is 0 Å². The molecule has 1 aliphatic carbocycles. The Balaban J connectivity index is 1.61. The van der Waals surface area contributed by atoms with Gasteiger partial charge in [-0.25, -0.2) is 0 Å². The highest BCUT2D eigenvalue weighted by atomic mass is 16.2. The molecule has 5 heteroatoms. The third-order valence-corrected chi connectivity index (χ3v) is 3.50. The summed E-state index contributed by atoms with van der Waals surface area (Å²) >= 11 is 0. The van der Waals surface area contributed by atoms with E-state index in [0.29, 0.717) is 6.04 Å². The first-order valence-electron chi connectivity index (χ1n) is 6.42. The third kappa shape index (κ3) is 3.43. The van der Waals surface area contributed by atoms with E-state index in [2.05, 4.69) is 5.32 Å². The molecule has 1 N–H and O–H groups in total. The van der Waals surface area contributed by atoms with E-state index < -0.39 is 0 Å². The molecule has 0 spiro atoms. The number of likely N-dealkylation sites (tertiary alicyclic amines) is 1. The molecule has 0 unspecified atom stereocenters. The molecule has 0 aromatic rings. The van der Waals surface area contributed by atoms with Crippen LogP contribution in [0.2, 0.25) is 0 Å². The van der Waals surface area contributed by atoms with Crippen LogP contribution in [0, 0.1) is 0 Å². The number of carbonyl (C=O) groups excluding carboxylic acids is 2. The van der Waals surface area contributed by atoms with Gasteiger partial charge in [-0.15, -0.1) is 0 Å².